The second kappa shape index (κ2) is 10.7. The molecule has 0 radical (unpaired) electrons. The quantitative estimate of drug-likeness (QED) is 0.545. The summed E-state index contributed by atoms with van der Waals surface area (Å²) in [6.45, 7) is 3.61. The number of methoxy groups -OCH3 is 1. The molecule has 1 aliphatic rings. The Bertz CT molecular complexity index is 1170. The average molecular weight is 490 g/mol. The van der Waals surface area contributed by atoms with Crippen LogP contribution in [0.3, 0.4) is 0 Å². The first kappa shape index (κ1) is 25.2. The number of amides is 2. The third-order valence-corrected chi connectivity index (χ3v) is 7.13. The zero-order valence-electron chi connectivity index (χ0n) is 19.2. The predicted molar refractivity (Wildman–Crippen MR) is 125 cm³/mol. The Morgan fingerprint density at radius 1 is 0.971 bits per heavy atom. The van der Waals surface area contributed by atoms with E-state index in [0.717, 1.165) is 12.8 Å². The summed E-state index contributed by atoms with van der Waals surface area (Å²) >= 11 is 0. The second-order valence-electron chi connectivity index (χ2n) is 7.77. The Morgan fingerprint density at radius 3 is 2.12 bits per heavy atom. The Hall–Kier alpha value is -3.44. The minimum Gasteiger partial charge on any atom is -0.495 e. The van der Waals surface area contributed by atoms with Gasteiger partial charge in [-0.25, -0.2) is 13.2 Å². The lowest BCUT2D eigenvalue weighted by molar-refractivity contribution is -0.123. The first-order chi connectivity index (χ1) is 16.1. The molecule has 34 heavy (non-hydrogen) atoms. The van der Waals surface area contributed by atoms with Crippen molar-refractivity contribution in [1.29, 1.82) is 0 Å². The molecular formula is C23H27N3O7S. The van der Waals surface area contributed by atoms with Crippen molar-refractivity contribution in [3.63, 3.8) is 0 Å². The van der Waals surface area contributed by atoms with Crippen molar-refractivity contribution >= 4 is 39.2 Å². The summed E-state index contributed by atoms with van der Waals surface area (Å²) < 4.78 is 37.8. The van der Waals surface area contributed by atoms with Crippen LogP contribution in [0, 0.1) is 0 Å². The van der Waals surface area contributed by atoms with Crippen molar-refractivity contribution in [3.05, 3.63) is 48.0 Å². The standard InChI is InChI=1S/C23H27N3O7S/c1-15(22(28)25-19-9-7-18(8-10-19)24-16(2)27)33-23(29)17-6-11-20(32-3)21(14-17)34(30,31)26-12-4-5-13-26/h6-11,14-15H,4-5,12-13H2,1-3H3,(H,24,27)(H,25,28). The Morgan fingerprint density at radius 2 is 1.56 bits per heavy atom. The molecule has 1 heterocycles. The Labute approximate surface area is 198 Å². The lowest BCUT2D eigenvalue weighted by Gasteiger charge is -2.18. The van der Waals surface area contributed by atoms with Gasteiger partial charge < -0.3 is 20.1 Å². The van der Waals surface area contributed by atoms with Crippen molar-refractivity contribution in [2.75, 3.05) is 30.8 Å². The fourth-order valence-corrected chi connectivity index (χ4v) is 5.14. The van der Waals surface area contributed by atoms with Gasteiger partial charge in [0.15, 0.2) is 6.10 Å². The Balaban J connectivity index is 1.69. The minimum absolute atomic E-state index is 0.0158. The summed E-state index contributed by atoms with van der Waals surface area (Å²) in [5, 5.41) is 5.24. The van der Waals surface area contributed by atoms with Gasteiger partial charge in [-0.15, -0.1) is 0 Å². The number of rotatable bonds is 8. The maximum absolute atomic E-state index is 13.0. The second-order valence-corrected chi connectivity index (χ2v) is 9.68. The molecule has 1 saturated heterocycles. The number of hydrogen-bond donors (Lipinski definition) is 2. The van der Waals surface area contributed by atoms with Gasteiger partial charge in [-0.05, 0) is 62.2 Å². The number of benzene rings is 2. The predicted octanol–water partition coefficient (Wildman–Crippen LogP) is 2.62. The van der Waals surface area contributed by atoms with Gasteiger partial charge in [0, 0.05) is 31.4 Å². The zero-order valence-corrected chi connectivity index (χ0v) is 20.0. The van der Waals surface area contributed by atoms with E-state index in [1.165, 1.54) is 43.5 Å². The normalized spacial score (nSPS) is 14.8. The molecule has 0 saturated carbocycles. The number of nitrogens with zero attached hydrogens (tertiary/aromatic N) is 1. The van der Waals surface area contributed by atoms with E-state index in [0.29, 0.717) is 24.5 Å². The molecular weight excluding hydrogens is 462 g/mol. The molecule has 1 fully saturated rings. The first-order valence-electron chi connectivity index (χ1n) is 10.7. The number of sulfonamides is 1. The fraction of sp³-hybridized carbons (Fsp3) is 0.348. The molecule has 0 aliphatic carbocycles. The van der Waals surface area contributed by atoms with E-state index in [-0.39, 0.29) is 22.1 Å². The van der Waals surface area contributed by atoms with Crippen LogP contribution < -0.4 is 15.4 Å². The fourth-order valence-electron chi connectivity index (χ4n) is 3.44. The summed E-state index contributed by atoms with van der Waals surface area (Å²) in [6, 6.07) is 10.4. The van der Waals surface area contributed by atoms with E-state index >= 15 is 0 Å². The van der Waals surface area contributed by atoms with Crippen LogP contribution in [-0.4, -0.2) is 56.8 Å². The molecule has 1 aliphatic heterocycles. The summed E-state index contributed by atoms with van der Waals surface area (Å²) in [4.78, 5) is 36.1. The molecule has 182 valence electrons. The van der Waals surface area contributed by atoms with E-state index in [2.05, 4.69) is 10.6 Å². The van der Waals surface area contributed by atoms with Crippen molar-refractivity contribution in [2.24, 2.45) is 0 Å². The molecule has 3 rings (SSSR count). The van der Waals surface area contributed by atoms with Gasteiger partial charge in [0.1, 0.15) is 10.6 Å². The smallest absolute Gasteiger partial charge is 0.338 e. The largest absolute Gasteiger partial charge is 0.495 e. The van der Waals surface area contributed by atoms with Crippen LogP contribution in [0.2, 0.25) is 0 Å². The topological polar surface area (TPSA) is 131 Å². The molecule has 1 atom stereocenters. The summed E-state index contributed by atoms with van der Waals surface area (Å²) in [5.41, 5.74) is 1.01. The average Bonchev–Trinajstić information content (AvgIpc) is 3.35. The maximum atomic E-state index is 13.0. The van der Waals surface area contributed by atoms with Crippen LogP contribution in [-0.2, 0) is 24.3 Å². The zero-order chi connectivity index (χ0) is 24.9. The third kappa shape index (κ3) is 5.91. The third-order valence-electron chi connectivity index (χ3n) is 5.21. The van der Waals surface area contributed by atoms with Crippen LogP contribution in [0.5, 0.6) is 5.75 Å². The summed E-state index contributed by atoms with van der Waals surface area (Å²) in [7, 11) is -2.49. The van der Waals surface area contributed by atoms with Crippen LogP contribution in [0.25, 0.3) is 0 Å². The van der Waals surface area contributed by atoms with Crippen LogP contribution in [0.15, 0.2) is 47.4 Å². The van der Waals surface area contributed by atoms with Gasteiger partial charge in [0.05, 0.1) is 12.7 Å². The minimum atomic E-state index is -3.84. The maximum Gasteiger partial charge on any atom is 0.338 e. The van der Waals surface area contributed by atoms with E-state index in [9.17, 15) is 22.8 Å². The molecule has 0 aromatic heterocycles. The van der Waals surface area contributed by atoms with Gasteiger partial charge in [0.25, 0.3) is 5.91 Å². The lowest BCUT2D eigenvalue weighted by atomic mass is 10.2. The molecule has 0 bridgehead atoms. The summed E-state index contributed by atoms with van der Waals surface area (Å²) in [5.74, 6) is -1.51. The van der Waals surface area contributed by atoms with Crippen molar-refractivity contribution in [1.82, 2.24) is 4.31 Å². The number of esters is 1. The van der Waals surface area contributed by atoms with Gasteiger partial charge in [-0.2, -0.15) is 4.31 Å². The number of ether oxygens (including phenoxy) is 2. The number of nitrogens with one attached hydrogen (secondary N) is 2. The van der Waals surface area contributed by atoms with Crippen LogP contribution >= 0.6 is 0 Å². The number of anilines is 2. The molecule has 10 nitrogen and oxygen atoms in total. The highest BCUT2D eigenvalue weighted by atomic mass is 32.2. The highest BCUT2D eigenvalue weighted by molar-refractivity contribution is 7.89. The van der Waals surface area contributed by atoms with Crippen molar-refractivity contribution < 1.29 is 32.3 Å². The SMILES string of the molecule is COc1ccc(C(=O)OC(C)C(=O)Nc2ccc(NC(C)=O)cc2)cc1S(=O)(=O)N1CCCC1. The van der Waals surface area contributed by atoms with Gasteiger partial charge >= 0.3 is 5.97 Å². The van der Waals surface area contributed by atoms with E-state index in [1.54, 1.807) is 24.3 Å². The monoisotopic (exact) mass is 489 g/mol. The lowest BCUT2D eigenvalue weighted by Crippen LogP contribution is -2.30. The number of carbonyl (C=O) groups is 3. The highest BCUT2D eigenvalue weighted by Gasteiger charge is 2.31. The van der Waals surface area contributed by atoms with Crippen molar-refractivity contribution in [2.45, 2.75) is 37.7 Å². The van der Waals surface area contributed by atoms with E-state index in [4.69, 9.17) is 9.47 Å². The highest BCUT2D eigenvalue weighted by Crippen LogP contribution is 2.30. The van der Waals surface area contributed by atoms with Gasteiger partial charge in [-0.1, -0.05) is 0 Å². The number of hydrogen-bond acceptors (Lipinski definition) is 7. The Kier molecular flexibility index (Phi) is 7.90. The molecule has 1 unspecified atom stereocenters. The number of carbonyl (C=O) groups excluding carboxylic acids is 3. The molecule has 2 aromatic carbocycles. The molecule has 2 amide bonds. The van der Waals surface area contributed by atoms with E-state index in [1.807, 2.05) is 0 Å². The van der Waals surface area contributed by atoms with Crippen LogP contribution in [0.1, 0.15) is 37.0 Å². The van der Waals surface area contributed by atoms with Crippen molar-refractivity contribution in [3.8, 4) is 5.75 Å². The van der Waals surface area contributed by atoms with Crippen LogP contribution in [0.4, 0.5) is 11.4 Å². The molecule has 2 N–H and O–H groups in total. The van der Waals surface area contributed by atoms with Gasteiger partial charge in [0.2, 0.25) is 15.9 Å². The molecule has 11 heteroatoms. The summed E-state index contributed by atoms with van der Waals surface area (Å²) in [6.07, 6.45) is 0.390. The molecule has 0 spiro atoms. The molecule has 2 aromatic rings. The first-order valence-corrected chi connectivity index (χ1v) is 12.1. The van der Waals surface area contributed by atoms with E-state index < -0.39 is 28.0 Å². The van der Waals surface area contributed by atoms with Gasteiger partial charge in [-0.3, -0.25) is 9.59 Å².